The molecule has 1 fully saturated rings. The Labute approximate surface area is 190 Å². The lowest BCUT2D eigenvalue weighted by atomic mass is 10.0. The molecule has 0 unspecified atom stereocenters. The predicted octanol–water partition coefficient (Wildman–Crippen LogP) is 3.17. The molecule has 0 atom stereocenters. The van der Waals surface area contributed by atoms with Crippen molar-refractivity contribution >= 4 is 17.7 Å². The van der Waals surface area contributed by atoms with Crippen LogP contribution < -0.4 is 9.47 Å². The summed E-state index contributed by atoms with van der Waals surface area (Å²) in [5.74, 6) is 1.82. The quantitative estimate of drug-likeness (QED) is 0.505. The molecule has 1 amide bonds. The van der Waals surface area contributed by atoms with Crippen molar-refractivity contribution < 1.29 is 19.0 Å². The normalized spacial score (nSPS) is 13.6. The van der Waals surface area contributed by atoms with E-state index in [0.29, 0.717) is 42.8 Å². The Morgan fingerprint density at radius 2 is 1.47 bits per heavy atom. The standard InChI is InChI=1S/C23H24N4O4S/c1-29-18-7-3-16(4-8-18)21-22(17-5-9-19(30-2)10-6-17)25-26-23(24-21)32-15-20(28)27-11-13-31-14-12-27/h3-10H,11-15H2,1-2H3. The molecule has 2 heterocycles. The SMILES string of the molecule is COc1ccc(-c2nnc(SCC(=O)N3CCOCC3)nc2-c2ccc(OC)cc2)cc1. The van der Waals surface area contributed by atoms with Gasteiger partial charge in [0.1, 0.15) is 22.9 Å². The number of amides is 1. The summed E-state index contributed by atoms with van der Waals surface area (Å²) >= 11 is 1.29. The number of rotatable bonds is 7. The van der Waals surface area contributed by atoms with E-state index in [1.54, 1.807) is 19.1 Å². The maximum atomic E-state index is 12.5. The summed E-state index contributed by atoms with van der Waals surface area (Å²) in [6.45, 7) is 2.39. The van der Waals surface area contributed by atoms with Crippen molar-refractivity contribution in [1.29, 1.82) is 0 Å². The number of hydrogen-bond acceptors (Lipinski definition) is 8. The molecule has 3 aromatic rings. The second-order valence-corrected chi connectivity index (χ2v) is 7.97. The maximum absolute atomic E-state index is 12.5. The summed E-state index contributed by atoms with van der Waals surface area (Å²) in [5.41, 5.74) is 3.10. The third-order valence-electron chi connectivity index (χ3n) is 5.08. The van der Waals surface area contributed by atoms with Crippen molar-refractivity contribution in [3.05, 3.63) is 48.5 Å². The predicted molar refractivity (Wildman–Crippen MR) is 122 cm³/mol. The zero-order valence-corrected chi connectivity index (χ0v) is 18.8. The molecule has 0 aliphatic carbocycles. The molecule has 1 aliphatic heterocycles. The molecule has 0 radical (unpaired) electrons. The van der Waals surface area contributed by atoms with Gasteiger partial charge in [-0.05, 0) is 48.5 Å². The van der Waals surface area contributed by atoms with Crippen LogP contribution in [-0.2, 0) is 9.53 Å². The van der Waals surface area contributed by atoms with Gasteiger partial charge in [0.2, 0.25) is 11.1 Å². The lowest BCUT2D eigenvalue weighted by molar-refractivity contribution is -0.132. The Morgan fingerprint density at radius 3 is 2.03 bits per heavy atom. The average molecular weight is 453 g/mol. The molecule has 4 rings (SSSR count). The Kier molecular flexibility index (Phi) is 7.18. The monoisotopic (exact) mass is 452 g/mol. The van der Waals surface area contributed by atoms with Crippen LogP contribution in [0.3, 0.4) is 0 Å². The van der Waals surface area contributed by atoms with Gasteiger partial charge >= 0.3 is 0 Å². The molecule has 1 saturated heterocycles. The van der Waals surface area contributed by atoms with Gasteiger partial charge in [-0.3, -0.25) is 4.79 Å². The summed E-state index contributed by atoms with van der Waals surface area (Å²) < 4.78 is 15.8. The summed E-state index contributed by atoms with van der Waals surface area (Å²) in [4.78, 5) is 19.1. The number of nitrogens with zero attached hydrogens (tertiary/aromatic N) is 4. The summed E-state index contributed by atoms with van der Waals surface area (Å²) in [6, 6.07) is 15.2. The Bertz CT molecular complexity index is 1050. The molecular weight excluding hydrogens is 428 g/mol. The van der Waals surface area contributed by atoms with Gasteiger partial charge in [0, 0.05) is 24.2 Å². The van der Waals surface area contributed by atoms with Crippen LogP contribution in [0.1, 0.15) is 0 Å². The fourth-order valence-electron chi connectivity index (χ4n) is 3.30. The smallest absolute Gasteiger partial charge is 0.233 e. The molecule has 9 heteroatoms. The molecule has 32 heavy (non-hydrogen) atoms. The van der Waals surface area contributed by atoms with E-state index in [9.17, 15) is 4.79 Å². The van der Waals surface area contributed by atoms with Crippen molar-refractivity contribution in [2.75, 3.05) is 46.3 Å². The van der Waals surface area contributed by atoms with Crippen molar-refractivity contribution in [1.82, 2.24) is 20.1 Å². The number of aromatic nitrogens is 3. The number of carbonyl (C=O) groups is 1. The Morgan fingerprint density at radius 1 is 0.906 bits per heavy atom. The second-order valence-electron chi connectivity index (χ2n) is 7.03. The third-order valence-corrected chi connectivity index (χ3v) is 5.91. The topological polar surface area (TPSA) is 86.7 Å². The van der Waals surface area contributed by atoms with Gasteiger partial charge in [0.05, 0.1) is 33.2 Å². The number of methoxy groups -OCH3 is 2. The number of thioether (sulfide) groups is 1. The molecule has 1 aromatic heterocycles. The zero-order chi connectivity index (χ0) is 22.3. The van der Waals surface area contributed by atoms with E-state index in [0.717, 1.165) is 22.6 Å². The molecular formula is C23H24N4O4S. The first kappa shape index (κ1) is 22.0. The van der Waals surface area contributed by atoms with E-state index in [4.69, 9.17) is 19.2 Å². The van der Waals surface area contributed by atoms with E-state index in [1.807, 2.05) is 48.5 Å². The molecule has 8 nitrogen and oxygen atoms in total. The molecule has 2 aromatic carbocycles. The summed E-state index contributed by atoms with van der Waals surface area (Å²) in [5, 5.41) is 9.20. The van der Waals surface area contributed by atoms with E-state index in [2.05, 4.69) is 10.2 Å². The molecule has 0 saturated carbocycles. The number of benzene rings is 2. The number of morpholine rings is 1. The Balaban J connectivity index is 1.61. The first-order chi connectivity index (χ1) is 15.7. The van der Waals surface area contributed by atoms with E-state index in [-0.39, 0.29) is 11.7 Å². The first-order valence-electron chi connectivity index (χ1n) is 10.2. The van der Waals surface area contributed by atoms with Crippen LogP contribution in [0.4, 0.5) is 0 Å². The highest BCUT2D eigenvalue weighted by molar-refractivity contribution is 7.99. The van der Waals surface area contributed by atoms with Gasteiger partial charge < -0.3 is 19.1 Å². The number of hydrogen-bond donors (Lipinski definition) is 0. The zero-order valence-electron chi connectivity index (χ0n) is 18.0. The van der Waals surface area contributed by atoms with Crippen LogP contribution in [-0.4, -0.2) is 72.3 Å². The largest absolute Gasteiger partial charge is 0.497 e. The van der Waals surface area contributed by atoms with Crippen LogP contribution in [0.25, 0.3) is 22.5 Å². The van der Waals surface area contributed by atoms with Crippen LogP contribution >= 0.6 is 11.8 Å². The average Bonchev–Trinajstić information content (AvgIpc) is 2.88. The second kappa shape index (κ2) is 10.4. The number of carbonyl (C=O) groups excluding carboxylic acids is 1. The minimum Gasteiger partial charge on any atom is -0.497 e. The highest BCUT2D eigenvalue weighted by Gasteiger charge is 2.19. The van der Waals surface area contributed by atoms with Crippen LogP contribution in [0, 0.1) is 0 Å². The van der Waals surface area contributed by atoms with Crippen LogP contribution in [0.5, 0.6) is 11.5 Å². The maximum Gasteiger partial charge on any atom is 0.233 e. The lowest BCUT2D eigenvalue weighted by Gasteiger charge is -2.26. The fourth-order valence-corrected chi connectivity index (χ4v) is 3.99. The number of ether oxygens (including phenoxy) is 3. The van der Waals surface area contributed by atoms with Crippen molar-refractivity contribution in [2.24, 2.45) is 0 Å². The fraction of sp³-hybridized carbons (Fsp3) is 0.304. The van der Waals surface area contributed by atoms with Crippen molar-refractivity contribution in [2.45, 2.75) is 5.16 Å². The van der Waals surface area contributed by atoms with Crippen LogP contribution in [0.2, 0.25) is 0 Å². The van der Waals surface area contributed by atoms with Gasteiger partial charge in [-0.25, -0.2) is 4.98 Å². The van der Waals surface area contributed by atoms with E-state index in [1.165, 1.54) is 11.8 Å². The summed E-state index contributed by atoms with van der Waals surface area (Å²) in [6.07, 6.45) is 0. The first-order valence-corrected chi connectivity index (χ1v) is 11.2. The lowest BCUT2D eigenvalue weighted by Crippen LogP contribution is -2.41. The highest BCUT2D eigenvalue weighted by atomic mass is 32.2. The molecule has 0 N–H and O–H groups in total. The van der Waals surface area contributed by atoms with Crippen molar-refractivity contribution in [3.63, 3.8) is 0 Å². The molecule has 1 aliphatic rings. The Hall–Kier alpha value is -3.17. The van der Waals surface area contributed by atoms with E-state index >= 15 is 0 Å². The molecule has 0 spiro atoms. The minimum atomic E-state index is 0.0483. The third kappa shape index (κ3) is 5.17. The minimum absolute atomic E-state index is 0.0483. The van der Waals surface area contributed by atoms with Gasteiger partial charge in [-0.1, -0.05) is 11.8 Å². The molecule has 0 bridgehead atoms. The summed E-state index contributed by atoms with van der Waals surface area (Å²) in [7, 11) is 3.26. The van der Waals surface area contributed by atoms with Crippen molar-refractivity contribution in [3.8, 4) is 34.0 Å². The van der Waals surface area contributed by atoms with Gasteiger partial charge in [0.15, 0.2) is 0 Å². The van der Waals surface area contributed by atoms with Gasteiger partial charge in [-0.15, -0.1) is 10.2 Å². The van der Waals surface area contributed by atoms with Crippen LogP contribution in [0.15, 0.2) is 53.7 Å². The van der Waals surface area contributed by atoms with Gasteiger partial charge in [0.25, 0.3) is 0 Å². The van der Waals surface area contributed by atoms with E-state index < -0.39 is 0 Å². The van der Waals surface area contributed by atoms with Gasteiger partial charge in [-0.2, -0.15) is 0 Å². The highest BCUT2D eigenvalue weighted by Crippen LogP contribution is 2.31. The molecule has 166 valence electrons.